The van der Waals surface area contributed by atoms with Crippen molar-refractivity contribution in [3.05, 3.63) is 34.9 Å². The van der Waals surface area contributed by atoms with Gasteiger partial charge in [-0.3, -0.25) is 14.2 Å². The van der Waals surface area contributed by atoms with Gasteiger partial charge in [-0.15, -0.1) is 0 Å². The summed E-state index contributed by atoms with van der Waals surface area (Å²) in [6.07, 6.45) is 2.68. The third kappa shape index (κ3) is 2.26. The van der Waals surface area contributed by atoms with Crippen molar-refractivity contribution in [1.82, 2.24) is 14.5 Å². The van der Waals surface area contributed by atoms with Gasteiger partial charge >= 0.3 is 0 Å². The molecule has 21 heavy (non-hydrogen) atoms. The first-order valence-electron chi connectivity index (χ1n) is 6.89. The molecule has 1 aromatic carbocycles. The normalized spacial score (nSPS) is 19.0. The van der Waals surface area contributed by atoms with E-state index in [2.05, 4.69) is 4.98 Å². The number of methoxy groups -OCH3 is 1. The second kappa shape index (κ2) is 5.20. The zero-order valence-corrected chi connectivity index (χ0v) is 12.1. The second-order valence-corrected chi connectivity index (χ2v) is 5.28. The highest BCUT2D eigenvalue weighted by Gasteiger charge is 2.25. The Morgan fingerprint density at radius 2 is 2.14 bits per heavy atom. The van der Waals surface area contributed by atoms with Crippen molar-refractivity contribution < 1.29 is 9.53 Å². The quantitative estimate of drug-likeness (QED) is 0.832. The Hall–Kier alpha value is -2.37. The van der Waals surface area contributed by atoms with Gasteiger partial charge in [0.05, 0.1) is 25.0 Å². The summed E-state index contributed by atoms with van der Waals surface area (Å²) in [6.45, 7) is 0.529. The van der Waals surface area contributed by atoms with Gasteiger partial charge in [0, 0.05) is 20.0 Å². The SMILES string of the molecule is COc1cccc2ncn(C3CCC(=O)N(C)C3)c(=O)c12. The minimum Gasteiger partial charge on any atom is -0.496 e. The van der Waals surface area contributed by atoms with Crippen LogP contribution in [0.15, 0.2) is 29.3 Å². The summed E-state index contributed by atoms with van der Waals surface area (Å²) >= 11 is 0. The largest absolute Gasteiger partial charge is 0.496 e. The summed E-state index contributed by atoms with van der Waals surface area (Å²) < 4.78 is 6.89. The Kier molecular flexibility index (Phi) is 3.37. The van der Waals surface area contributed by atoms with E-state index in [0.29, 0.717) is 36.0 Å². The van der Waals surface area contributed by atoms with Crippen molar-refractivity contribution in [2.75, 3.05) is 20.7 Å². The number of piperidine rings is 1. The number of nitrogens with zero attached hydrogens (tertiary/aromatic N) is 3. The van der Waals surface area contributed by atoms with Gasteiger partial charge in [-0.05, 0) is 18.6 Å². The number of aromatic nitrogens is 2. The molecule has 1 aliphatic rings. The minimum atomic E-state index is -0.120. The molecule has 1 unspecified atom stereocenters. The molecule has 1 fully saturated rings. The van der Waals surface area contributed by atoms with Crippen molar-refractivity contribution in [2.45, 2.75) is 18.9 Å². The summed E-state index contributed by atoms with van der Waals surface area (Å²) in [5, 5.41) is 0.488. The molecule has 1 amide bonds. The van der Waals surface area contributed by atoms with Crippen molar-refractivity contribution in [1.29, 1.82) is 0 Å². The fraction of sp³-hybridized carbons (Fsp3) is 0.400. The highest BCUT2D eigenvalue weighted by molar-refractivity contribution is 5.84. The molecular formula is C15H17N3O3. The molecule has 1 saturated heterocycles. The average Bonchev–Trinajstić information content (AvgIpc) is 2.50. The maximum Gasteiger partial charge on any atom is 0.265 e. The lowest BCUT2D eigenvalue weighted by Crippen LogP contribution is -2.40. The predicted molar refractivity (Wildman–Crippen MR) is 78.5 cm³/mol. The van der Waals surface area contributed by atoms with E-state index in [1.54, 1.807) is 42.1 Å². The van der Waals surface area contributed by atoms with Gasteiger partial charge < -0.3 is 9.64 Å². The van der Waals surface area contributed by atoms with Crippen LogP contribution < -0.4 is 10.3 Å². The molecule has 3 rings (SSSR count). The fourth-order valence-corrected chi connectivity index (χ4v) is 2.80. The lowest BCUT2D eigenvalue weighted by atomic mass is 10.1. The highest BCUT2D eigenvalue weighted by atomic mass is 16.5. The number of carbonyl (C=O) groups excluding carboxylic acids is 1. The molecule has 0 N–H and O–H groups in total. The first kappa shape index (κ1) is 13.6. The van der Waals surface area contributed by atoms with Gasteiger partial charge in [0.25, 0.3) is 5.56 Å². The molecule has 6 heteroatoms. The van der Waals surface area contributed by atoms with Crippen LogP contribution in [-0.2, 0) is 4.79 Å². The molecule has 0 radical (unpaired) electrons. The molecule has 0 spiro atoms. The van der Waals surface area contributed by atoms with Gasteiger partial charge in [0.15, 0.2) is 0 Å². The van der Waals surface area contributed by atoms with E-state index in [1.807, 2.05) is 6.07 Å². The van der Waals surface area contributed by atoms with Crippen molar-refractivity contribution in [3.8, 4) is 5.75 Å². The average molecular weight is 287 g/mol. The molecule has 110 valence electrons. The molecule has 2 heterocycles. The van der Waals surface area contributed by atoms with Crippen molar-refractivity contribution >= 4 is 16.8 Å². The zero-order valence-electron chi connectivity index (χ0n) is 12.1. The molecule has 1 aliphatic heterocycles. The number of fused-ring (bicyclic) bond motifs is 1. The van der Waals surface area contributed by atoms with Crippen LogP contribution in [0.25, 0.3) is 10.9 Å². The first-order chi connectivity index (χ1) is 10.1. The third-order valence-corrected chi connectivity index (χ3v) is 3.99. The number of carbonyl (C=O) groups is 1. The van der Waals surface area contributed by atoms with E-state index in [0.717, 1.165) is 0 Å². The number of likely N-dealkylation sites (tertiary alicyclic amines) is 1. The second-order valence-electron chi connectivity index (χ2n) is 5.28. The molecule has 0 saturated carbocycles. The topological polar surface area (TPSA) is 64.4 Å². The van der Waals surface area contributed by atoms with E-state index >= 15 is 0 Å². The van der Waals surface area contributed by atoms with Crippen LogP contribution in [0.4, 0.5) is 0 Å². The molecule has 1 aromatic heterocycles. The van der Waals surface area contributed by atoms with Crippen LogP contribution in [-0.4, -0.2) is 41.1 Å². The van der Waals surface area contributed by atoms with Crippen LogP contribution in [0, 0.1) is 0 Å². The maximum atomic E-state index is 12.7. The number of rotatable bonds is 2. The summed E-state index contributed by atoms with van der Waals surface area (Å²) in [6, 6.07) is 5.32. The number of likely N-dealkylation sites (N-methyl/N-ethyl adjacent to an activating group) is 1. The van der Waals surface area contributed by atoms with E-state index in [-0.39, 0.29) is 17.5 Å². The first-order valence-corrected chi connectivity index (χ1v) is 6.89. The predicted octanol–water partition coefficient (Wildman–Crippen LogP) is 1.20. The monoisotopic (exact) mass is 287 g/mol. The third-order valence-electron chi connectivity index (χ3n) is 3.99. The summed E-state index contributed by atoms with van der Waals surface area (Å²) in [7, 11) is 3.30. The molecule has 1 atom stereocenters. The fourth-order valence-electron chi connectivity index (χ4n) is 2.80. The molecule has 6 nitrogen and oxygen atoms in total. The Morgan fingerprint density at radius 1 is 1.33 bits per heavy atom. The van der Waals surface area contributed by atoms with E-state index in [4.69, 9.17) is 4.74 Å². The highest BCUT2D eigenvalue weighted by Crippen LogP contribution is 2.23. The van der Waals surface area contributed by atoms with E-state index in [9.17, 15) is 9.59 Å². The minimum absolute atomic E-state index is 0.0398. The smallest absolute Gasteiger partial charge is 0.265 e. The summed E-state index contributed by atoms with van der Waals surface area (Å²) in [5.74, 6) is 0.644. The number of amides is 1. The molecule has 0 aliphatic carbocycles. The Bertz CT molecular complexity index is 753. The van der Waals surface area contributed by atoms with Crippen molar-refractivity contribution in [3.63, 3.8) is 0 Å². The van der Waals surface area contributed by atoms with Crippen LogP contribution in [0.5, 0.6) is 5.75 Å². The number of benzene rings is 1. The van der Waals surface area contributed by atoms with Gasteiger partial charge in [-0.25, -0.2) is 4.98 Å². The number of ether oxygens (including phenoxy) is 1. The lowest BCUT2D eigenvalue weighted by molar-refractivity contribution is -0.132. The zero-order chi connectivity index (χ0) is 15.0. The number of hydrogen-bond acceptors (Lipinski definition) is 4. The van der Waals surface area contributed by atoms with Gasteiger partial charge in [-0.2, -0.15) is 0 Å². The Morgan fingerprint density at radius 3 is 2.86 bits per heavy atom. The maximum absolute atomic E-state index is 12.7. The van der Waals surface area contributed by atoms with Gasteiger partial charge in [-0.1, -0.05) is 6.07 Å². The van der Waals surface area contributed by atoms with Crippen LogP contribution in [0.2, 0.25) is 0 Å². The molecule has 0 bridgehead atoms. The molecule has 2 aromatic rings. The number of hydrogen-bond donors (Lipinski definition) is 0. The van der Waals surface area contributed by atoms with Crippen LogP contribution in [0.1, 0.15) is 18.9 Å². The van der Waals surface area contributed by atoms with Crippen LogP contribution >= 0.6 is 0 Å². The van der Waals surface area contributed by atoms with E-state index in [1.165, 1.54) is 0 Å². The standard InChI is InChI=1S/C15H17N3O3/c1-17-8-10(6-7-13(17)19)18-9-16-11-4-3-5-12(21-2)14(11)15(18)20/h3-5,9-10H,6-8H2,1-2H3. The molecular weight excluding hydrogens is 270 g/mol. The Balaban J connectivity index is 2.10. The Labute approximate surface area is 122 Å². The van der Waals surface area contributed by atoms with Gasteiger partial charge in [0.1, 0.15) is 11.1 Å². The van der Waals surface area contributed by atoms with Crippen molar-refractivity contribution in [2.24, 2.45) is 0 Å². The van der Waals surface area contributed by atoms with E-state index < -0.39 is 0 Å². The van der Waals surface area contributed by atoms with Gasteiger partial charge in [0.2, 0.25) is 5.91 Å². The summed E-state index contributed by atoms with van der Waals surface area (Å²) in [4.78, 5) is 30.3. The lowest BCUT2D eigenvalue weighted by Gasteiger charge is -2.30. The summed E-state index contributed by atoms with van der Waals surface area (Å²) in [5.41, 5.74) is 0.501. The van der Waals surface area contributed by atoms with Crippen LogP contribution in [0.3, 0.4) is 0 Å².